The maximum atomic E-state index is 5.33. The number of rotatable bonds is 3. The Bertz CT molecular complexity index is 624. The van der Waals surface area contributed by atoms with Crippen LogP contribution in [-0.4, -0.2) is 11.7 Å². The molecule has 0 aliphatic heterocycles. The van der Waals surface area contributed by atoms with Crippen LogP contribution in [0.15, 0.2) is 48.0 Å². The maximum absolute atomic E-state index is 5.33. The molecule has 0 saturated heterocycles. The molecule has 86 valence electrons. The minimum Gasteiger partial charge on any atom is -0.495 e. The quantitative estimate of drug-likeness (QED) is 0.683. The van der Waals surface area contributed by atoms with Gasteiger partial charge in [0.1, 0.15) is 10.6 Å². The average molecular weight is 243 g/mol. The standard InChI is InChI=1S/C14H13NOS/c1-16-13-10-17-14-12(13)7-8-15(14)9-11-5-3-2-4-6-11/h2-8,10H,9H2,1H3. The van der Waals surface area contributed by atoms with E-state index in [2.05, 4.69) is 46.5 Å². The van der Waals surface area contributed by atoms with Crippen molar-refractivity contribution in [3.63, 3.8) is 0 Å². The third-order valence-electron chi connectivity index (χ3n) is 2.87. The van der Waals surface area contributed by atoms with Gasteiger partial charge < -0.3 is 9.30 Å². The maximum Gasteiger partial charge on any atom is 0.139 e. The van der Waals surface area contributed by atoms with Crippen LogP contribution in [0.3, 0.4) is 0 Å². The highest BCUT2D eigenvalue weighted by Gasteiger charge is 2.08. The van der Waals surface area contributed by atoms with Crippen LogP contribution in [0.2, 0.25) is 0 Å². The van der Waals surface area contributed by atoms with E-state index in [0.29, 0.717) is 0 Å². The molecule has 0 spiro atoms. The lowest BCUT2D eigenvalue weighted by Crippen LogP contribution is -1.95. The van der Waals surface area contributed by atoms with Crippen LogP contribution in [0.5, 0.6) is 5.75 Å². The van der Waals surface area contributed by atoms with E-state index in [1.807, 2.05) is 6.07 Å². The van der Waals surface area contributed by atoms with Crippen molar-refractivity contribution in [2.45, 2.75) is 6.54 Å². The van der Waals surface area contributed by atoms with Crippen molar-refractivity contribution in [2.75, 3.05) is 7.11 Å². The van der Waals surface area contributed by atoms with E-state index in [9.17, 15) is 0 Å². The third kappa shape index (κ3) is 1.83. The summed E-state index contributed by atoms with van der Waals surface area (Å²) < 4.78 is 7.59. The Morgan fingerprint density at radius 1 is 1.18 bits per heavy atom. The minimum absolute atomic E-state index is 0.911. The molecule has 17 heavy (non-hydrogen) atoms. The summed E-state index contributed by atoms with van der Waals surface area (Å²) in [6.45, 7) is 0.911. The van der Waals surface area contributed by atoms with Gasteiger partial charge in [0.25, 0.3) is 0 Å². The Balaban J connectivity index is 1.99. The Hall–Kier alpha value is -1.74. The van der Waals surface area contributed by atoms with Crippen molar-refractivity contribution >= 4 is 21.6 Å². The van der Waals surface area contributed by atoms with E-state index in [-0.39, 0.29) is 0 Å². The first-order chi connectivity index (χ1) is 8.38. The molecule has 0 fully saturated rings. The number of nitrogens with zero attached hydrogens (tertiary/aromatic N) is 1. The first-order valence-electron chi connectivity index (χ1n) is 5.53. The van der Waals surface area contributed by atoms with Crippen molar-refractivity contribution in [1.82, 2.24) is 4.57 Å². The molecule has 2 aromatic heterocycles. The van der Waals surface area contributed by atoms with E-state index in [1.165, 1.54) is 15.8 Å². The number of hydrogen-bond donors (Lipinski definition) is 0. The van der Waals surface area contributed by atoms with Crippen LogP contribution in [-0.2, 0) is 6.54 Å². The molecule has 0 amide bonds. The molecule has 3 rings (SSSR count). The van der Waals surface area contributed by atoms with Gasteiger partial charge in [0, 0.05) is 18.1 Å². The van der Waals surface area contributed by atoms with Gasteiger partial charge in [-0.15, -0.1) is 11.3 Å². The monoisotopic (exact) mass is 243 g/mol. The highest BCUT2D eigenvalue weighted by atomic mass is 32.1. The zero-order valence-electron chi connectivity index (χ0n) is 9.59. The van der Waals surface area contributed by atoms with Gasteiger partial charge >= 0.3 is 0 Å². The van der Waals surface area contributed by atoms with Crippen molar-refractivity contribution in [3.05, 3.63) is 53.5 Å². The Morgan fingerprint density at radius 2 is 2.00 bits per heavy atom. The van der Waals surface area contributed by atoms with Gasteiger partial charge in [-0.3, -0.25) is 0 Å². The van der Waals surface area contributed by atoms with Crippen LogP contribution < -0.4 is 4.74 Å². The first kappa shape index (κ1) is 10.4. The Kier molecular flexibility index (Phi) is 2.61. The summed E-state index contributed by atoms with van der Waals surface area (Å²) in [5, 5.41) is 3.26. The normalized spacial score (nSPS) is 10.9. The summed E-state index contributed by atoms with van der Waals surface area (Å²) in [6, 6.07) is 12.6. The Morgan fingerprint density at radius 3 is 2.76 bits per heavy atom. The lowest BCUT2D eigenvalue weighted by molar-refractivity contribution is 0.421. The topological polar surface area (TPSA) is 14.2 Å². The van der Waals surface area contributed by atoms with Crippen molar-refractivity contribution in [2.24, 2.45) is 0 Å². The summed E-state index contributed by atoms with van der Waals surface area (Å²) in [6.07, 6.45) is 2.12. The van der Waals surface area contributed by atoms with Gasteiger partial charge in [-0.05, 0) is 11.6 Å². The summed E-state index contributed by atoms with van der Waals surface area (Å²) >= 11 is 1.73. The van der Waals surface area contributed by atoms with Gasteiger partial charge in [-0.25, -0.2) is 0 Å². The van der Waals surface area contributed by atoms with E-state index in [1.54, 1.807) is 18.4 Å². The van der Waals surface area contributed by atoms with Crippen LogP contribution in [0.1, 0.15) is 5.56 Å². The predicted molar refractivity (Wildman–Crippen MR) is 71.9 cm³/mol. The van der Waals surface area contributed by atoms with Gasteiger partial charge in [-0.2, -0.15) is 0 Å². The van der Waals surface area contributed by atoms with E-state index in [0.717, 1.165) is 12.3 Å². The highest BCUT2D eigenvalue weighted by Crippen LogP contribution is 2.33. The number of thiophene rings is 1. The van der Waals surface area contributed by atoms with Gasteiger partial charge in [-0.1, -0.05) is 30.3 Å². The fourth-order valence-corrected chi connectivity index (χ4v) is 3.01. The second-order valence-corrected chi connectivity index (χ2v) is 4.81. The molecule has 0 bridgehead atoms. The number of benzene rings is 1. The molecule has 1 aromatic carbocycles. The van der Waals surface area contributed by atoms with Gasteiger partial charge in [0.2, 0.25) is 0 Å². The molecular weight excluding hydrogens is 230 g/mol. The van der Waals surface area contributed by atoms with Crippen LogP contribution in [0, 0.1) is 0 Å². The van der Waals surface area contributed by atoms with Crippen molar-refractivity contribution in [1.29, 1.82) is 0 Å². The molecular formula is C14H13NOS. The fourth-order valence-electron chi connectivity index (χ4n) is 2.01. The fraction of sp³-hybridized carbons (Fsp3) is 0.143. The predicted octanol–water partition coefficient (Wildman–Crippen LogP) is 3.76. The number of aromatic nitrogens is 1. The van der Waals surface area contributed by atoms with Crippen LogP contribution >= 0.6 is 11.3 Å². The summed E-state index contributed by atoms with van der Waals surface area (Å²) in [5.74, 6) is 0.969. The average Bonchev–Trinajstić information content (AvgIpc) is 2.93. The van der Waals surface area contributed by atoms with Crippen LogP contribution in [0.4, 0.5) is 0 Å². The first-order valence-corrected chi connectivity index (χ1v) is 6.40. The molecule has 3 aromatic rings. The number of fused-ring (bicyclic) bond motifs is 1. The largest absolute Gasteiger partial charge is 0.495 e. The highest BCUT2D eigenvalue weighted by molar-refractivity contribution is 7.17. The molecule has 0 N–H and O–H groups in total. The van der Waals surface area contributed by atoms with Crippen molar-refractivity contribution < 1.29 is 4.74 Å². The molecule has 0 radical (unpaired) electrons. The molecule has 2 heterocycles. The molecule has 0 aliphatic rings. The second-order valence-electron chi connectivity index (χ2n) is 3.95. The number of methoxy groups -OCH3 is 1. The minimum atomic E-state index is 0.911. The second kappa shape index (κ2) is 4.26. The van der Waals surface area contributed by atoms with E-state index >= 15 is 0 Å². The number of ether oxygens (including phenoxy) is 1. The Labute approximate surface area is 104 Å². The van der Waals surface area contributed by atoms with Gasteiger partial charge in [0.15, 0.2) is 0 Å². The van der Waals surface area contributed by atoms with Crippen molar-refractivity contribution in [3.8, 4) is 5.75 Å². The third-order valence-corrected chi connectivity index (χ3v) is 3.88. The molecule has 2 nitrogen and oxygen atoms in total. The molecule has 0 saturated carbocycles. The molecule has 0 unspecified atom stereocenters. The van der Waals surface area contributed by atoms with E-state index < -0.39 is 0 Å². The number of hydrogen-bond acceptors (Lipinski definition) is 2. The van der Waals surface area contributed by atoms with Crippen LogP contribution in [0.25, 0.3) is 10.2 Å². The van der Waals surface area contributed by atoms with E-state index in [4.69, 9.17) is 4.74 Å². The smallest absolute Gasteiger partial charge is 0.139 e. The zero-order chi connectivity index (χ0) is 11.7. The zero-order valence-corrected chi connectivity index (χ0v) is 10.4. The summed E-state index contributed by atoms with van der Waals surface area (Å²) in [5.41, 5.74) is 1.32. The molecule has 0 atom stereocenters. The molecule has 3 heteroatoms. The SMILES string of the molecule is COc1csc2c1ccn2Cc1ccccc1. The van der Waals surface area contributed by atoms with Gasteiger partial charge in [0.05, 0.1) is 12.5 Å². The summed E-state index contributed by atoms with van der Waals surface area (Å²) in [7, 11) is 1.72. The lowest BCUT2D eigenvalue weighted by atomic mass is 10.2. The summed E-state index contributed by atoms with van der Waals surface area (Å²) in [4.78, 5) is 1.27. The lowest BCUT2D eigenvalue weighted by Gasteiger charge is -2.03. The molecule has 0 aliphatic carbocycles.